The summed E-state index contributed by atoms with van der Waals surface area (Å²) in [6.45, 7) is 3.43. The summed E-state index contributed by atoms with van der Waals surface area (Å²) >= 11 is 0. The number of nitrogens with one attached hydrogen (secondary N) is 1. The number of benzene rings is 2. The lowest BCUT2D eigenvalue weighted by atomic mass is 10.1. The number of hydrogen-bond acceptors (Lipinski definition) is 7. The lowest BCUT2D eigenvalue weighted by molar-refractivity contribution is -0.384. The Balaban J connectivity index is 1.91. The van der Waals surface area contributed by atoms with Crippen LogP contribution in [0.4, 0.5) is 11.4 Å². The van der Waals surface area contributed by atoms with Crippen molar-refractivity contribution in [1.29, 1.82) is 0 Å². The molecule has 0 fully saturated rings. The second kappa shape index (κ2) is 7.24. The molecule has 1 heterocycles. The Morgan fingerprint density at radius 3 is 2.67 bits per heavy atom. The summed E-state index contributed by atoms with van der Waals surface area (Å²) in [4.78, 5) is 39.1. The van der Waals surface area contributed by atoms with Crippen LogP contribution in [0.2, 0.25) is 0 Å². The minimum Gasteiger partial charge on any atom is -0.462 e. The summed E-state index contributed by atoms with van der Waals surface area (Å²) in [5.74, 6) is -0.857. The summed E-state index contributed by atoms with van der Waals surface area (Å²) in [7, 11) is 0. The van der Waals surface area contributed by atoms with Crippen molar-refractivity contribution >= 4 is 34.4 Å². The smallest absolute Gasteiger partial charge is 0.338 e. The highest BCUT2D eigenvalue weighted by Gasteiger charge is 2.19. The van der Waals surface area contributed by atoms with Gasteiger partial charge < -0.3 is 14.5 Å². The number of nitrogens with zero attached hydrogens (tertiary/aromatic N) is 2. The summed E-state index contributed by atoms with van der Waals surface area (Å²) in [6.07, 6.45) is 0. The molecule has 1 N–H and O–H groups in total. The highest BCUT2D eigenvalue weighted by molar-refractivity contribution is 6.06. The minimum absolute atomic E-state index is 0.0383. The highest BCUT2D eigenvalue weighted by Crippen LogP contribution is 2.22. The fourth-order valence-electron chi connectivity index (χ4n) is 2.50. The first-order chi connectivity index (χ1) is 12.9. The maximum absolute atomic E-state index is 12.5. The van der Waals surface area contributed by atoms with Crippen molar-refractivity contribution in [1.82, 2.24) is 4.98 Å². The number of carbonyl (C=O) groups is 2. The summed E-state index contributed by atoms with van der Waals surface area (Å²) in [5.41, 5.74) is 1.09. The van der Waals surface area contributed by atoms with Crippen LogP contribution in [0.1, 0.15) is 33.5 Å². The van der Waals surface area contributed by atoms with E-state index in [1.54, 1.807) is 32.0 Å². The van der Waals surface area contributed by atoms with E-state index in [9.17, 15) is 19.7 Å². The van der Waals surface area contributed by atoms with Crippen LogP contribution >= 0.6 is 0 Å². The van der Waals surface area contributed by atoms with E-state index in [1.807, 2.05) is 0 Å². The summed E-state index contributed by atoms with van der Waals surface area (Å²) < 4.78 is 10.2. The summed E-state index contributed by atoms with van der Waals surface area (Å²) in [6, 6.07) is 8.30. The number of hydrogen-bond donors (Lipinski definition) is 1. The zero-order chi connectivity index (χ0) is 19.6. The minimum atomic E-state index is -0.741. The van der Waals surface area contributed by atoms with E-state index in [0.29, 0.717) is 22.7 Å². The van der Waals surface area contributed by atoms with Crippen molar-refractivity contribution in [2.75, 3.05) is 11.9 Å². The normalized spacial score (nSPS) is 10.6. The number of esters is 1. The van der Waals surface area contributed by atoms with E-state index in [-0.39, 0.29) is 23.4 Å². The third-order valence-electron chi connectivity index (χ3n) is 3.65. The van der Waals surface area contributed by atoms with Crippen molar-refractivity contribution < 1.29 is 23.7 Å². The number of carbonyl (C=O) groups excluding carboxylic acids is 2. The Labute approximate surface area is 153 Å². The molecule has 0 radical (unpaired) electrons. The third-order valence-corrected chi connectivity index (χ3v) is 3.65. The largest absolute Gasteiger partial charge is 0.462 e. The second-order valence-electron chi connectivity index (χ2n) is 5.62. The van der Waals surface area contributed by atoms with Gasteiger partial charge in [0.25, 0.3) is 11.6 Å². The molecule has 0 unspecified atom stereocenters. The van der Waals surface area contributed by atoms with Crippen LogP contribution in [0.15, 0.2) is 40.8 Å². The van der Waals surface area contributed by atoms with Gasteiger partial charge in [-0.1, -0.05) is 0 Å². The number of amides is 1. The molecule has 0 spiro atoms. The molecule has 0 bridgehead atoms. The molecule has 0 atom stereocenters. The Bertz CT molecular complexity index is 1060. The fourth-order valence-corrected chi connectivity index (χ4v) is 2.50. The van der Waals surface area contributed by atoms with E-state index in [4.69, 9.17) is 9.15 Å². The van der Waals surface area contributed by atoms with Gasteiger partial charge in [0.2, 0.25) is 0 Å². The number of aryl methyl sites for hydroxylation is 1. The number of rotatable bonds is 5. The summed E-state index contributed by atoms with van der Waals surface area (Å²) in [5, 5.41) is 13.7. The van der Waals surface area contributed by atoms with E-state index in [0.717, 1.165) is 12.1 Å². The van der Waals surface area contributed by atoms with Crippen LogP contribution in [0, 0.1) is 17.0 Å². The Morgan fingerprint density at radius 1 is 1.22 bits per heavy atom. The van der Waals surface area contributed by atoms with Crippen LogP contribution < -0.4 is 5.32 Å². The zero-order valence-corrected chi connectivity index (χ0v) is 14.5. The van der Waals surface area contributed by atoms with Crippen LogP contribution in [0.5, 0.6) is 0 Å². The molecule has 2 aromatic carbocycles. The van der Waals surface area contributed by atoms with Crippen LogP contribution in [0.3, 0.4) is 0 Å². The highest BCUT2D eigenvalue weighted by atomic mass is 16.6. The number of nitro groups is 1. The van der Waals surface area contributed by atoms with Crippen molar-refractivity contribution in [3.05, 3.63) is 63.5 Å². The SMILES string of the molecule is CCOC(=O)c1cc(C(=O)Nc2ccc3oc(C)nc3c2)cc([N+](=O)[O-])c1. The first-order valence-corrected chi connectivity index (χ1v) is 8.02. The number of nitro benzene ring substituents is 1. The Morgan fingerprint density at radius 2 is 1.96 bits per heavy atom. The van der Waals surface area contributed by atoms with Crippen LogP contribution in [-0.4, -0.2) is 28.4 Å². The van der Waals surface area contributed by atoms with Crippen molar-refractivity contribution in [3.63, 3.8) is 0 Å². The van der Waals surface area contributed by atoms with Crippen LogP contribution in [0.25, 0.3) is 11.1 Å². The molecule has 0 saturated heterocycles. The molecule has 0 saturated carbocycles. The van der Waals surface area contributed by atoms with E-state index >= 15 is 0 Å². The average molecular weight is 369 g/mol. The molecule has 138 valence electrons. The van der Waals surface area contributed by atoms with E-state index in [2.05, 4.69) is 10.3 Å². The van der Waals surface area contributed by atoms with Crippen molar-refractivity contribution in [2.45, 2.75) is 13.8 Å². The maximum Gasteiger partial charge on any atom is 0.338 e. The molecule has 0 aliphatic carbocycles. The topological polar surface area (TPSA) is 125 Å². The lowest BCUT2D eigenvalue weighted by Gasteiger charge is -2.07. The van der Waals surface area contributed by atoms with Crippen LogP contribution in [-0.2, 0) is 4.74 Å². The number of aromatic nitrogens is 1. The number of non-ortho nitro benzene ring substituents is 1. The molecule has 27 heavy (non-hydrogen) atoms. The van der Waals surface area contributed by atoms with Gasteiger partial charge in [-0.05, 0) is 31.2 Å². The van der Waals surface area contributed by atoms with Gasteiger partial charge in [0, 0.05) is 30.3 Å². The predicted molar refractivity (Wildman–Crippen MR) is 95.8 cm³/mol. The number of fused-ring (bicyclic) bond motifs is 1. The molecule has 0 aliphatic heterocycles. The van der Waals surface area contributed by atoms with Crippen molar-refractivity contribution in [3.8, 4) is 0 Å². The molecule has 3 rings (SSSR count). The van der Waals surface area contributed by atoms with Gasteiger partial charge in [-0.25, -0.2) is 9.78 Å². The maximum atomic E-state index is 12.5. The molecule has 1 aromatic heterocycles. The lowest BCUT2D eigenvalue weighted by Crippen LogP contribution is -2.14. The average Bonchev–Trinajstić information content (AvgIpc) is 3.00. The Hall–Kier alpha value is -3.75. The van der Waals surface area contributed by atoms with Gasteiger partial charge in [0.05, 0.1) is 17.1 Å². The molecule has 9 heteroatoms. The zero-order valence-electron chi connectivity index (χ0n) is 14.5. The monoisotopic (exact) mass is 369 g/mol. The number of ether oxygens (including phenoxy) is 1. The molecular formula is C18H15N3O6. The standard InChI is InChI=1S/C18H15N3O6/c1-3-26-18(23)12-6-11(7-14(8-12)21(24)25)17(22)20-13-4-5-16-15(9-13)19-10(2)27-16/h4-9H,3H2,1-2H3,(H,20,22). The Kier molecular flexibility index (Phi) is 4.84. The molecule has 9 nitrogen and oxygen atoms in total. The van der Waals surface area contributed by atoms with Gasteiger partial charge >= 0.3 is 5.97 Å². The molecule has 0 aliphatic rings. The van der Waals surface area contributed by atoms with Gasteiger partial charge in [-0.2, -0.15) is 0 Å². The van der Waals surface area contributed by atoms with Crippen molar-refractivity contribution in [2.24, 2.45) is 0 Å². The second-order valence-corrected chi connectivity index (χ2v) is 5.62. The fraction of sp³-hybridized carbons (Fsp3) is 0.167. The van der Waals surface area contributed by atoms with Gasteiger partial charge in [-0.3, -0.25) is 14.9 Å². The predicted octanol–water partition coefficient (Wildman–Crippen LogP) is 3.47. The van der Waals surface area contributed by atoms with E-state index < -0.39 is 16.8 Å². The quantitative estimate of drug-likeness (QED) is 0.415. The van der Waals surface area contributed by atoms with Gasteiger partial charge in [-0.15, -0.1) is 0 Å². The van der Waals surface area contributed by atoms with Gasteiger partial charge in [0.15, 0.2) is 11.5 Å². The van der Waals surface area contributed by atoms with E-state index in [1.165, 1.54) is 6.07 Å². The number of anilines is 1. The third kappa shape index (κ3) is 3.92. The molecular weight excluding hydrogens is 354 g/mol. The number of oxazole rings is 1. The first kappa shape index (κ1) is 18.1. The molecule has 1 amide bonds. The molecule has 3 aromatic rings. The first-order valence-electron chi connectivity index (χ1n) is 8.02. The van der Waals surface area contributed by atoms with Gasteiger partial charge in [0.1, 0.15) is 5.52 Å².